The van der Waals surface area contributed by atoms with Gasteiger partial charge in [0.1, 0.15) is 5.82 Å². The fourth-order valence-electron chi connectivity index (χ4n) is 1.31. The summed E-state index contributed by atoms with van der Waals surface area (Å²) in [6.07, 6.45) is 0.665. The predicted molar refractivity (Wildman–Crippen MR) is 58.5 cm³/mol. The van der Waals surface area contributed by atoms with Gasteiger partial charge in [-0.15, -0.1) is 0 Å². The number of carbonyl (C=O) groups excluding carboxylic acids is 1. The van der Waals surface area contributed by atoms with Crippen molar-refractivity contribution >= 4 is 21.7 Å². The Balaban J connectivity index is 3.14. The maximum atomic E-state index is 12.9. The van der Waals surface area contributed by atoms with Crippen LogP contribution in [0, 0.1) is 5.82 Å². The minimum absolute atomic E-state index is 0.00171. The van der Waals surface area contributed by atoms with E-state index in [-0.39, 0.29) is 16.4 Å². The van der Waals surface area contributed by atoms with Crippen molar-refractivity contribution in [3.8, 4) is 0 Å². The first kappa shape index (κ1) is 11.4. The first-order valence-electron chi connectivity index (χ1n) is 4.53. The molecule has 0 bridgehead atoms. The lowest BCUT2D eigenvalue weighted by atomic mass is 10.0. The third-order valence-electron chi connectivity index (χ3n) is 2.07. The number of hydrogen-bond acceptors (Lipinski definition) is 1. The van der Waals surface area contributed by atoms with Gasteiger partial charge in [0.05, 0.1) is 4.83 Å². The van der Waals surface area contributed by atoms with E-state index >= 15 is 0 Å². The Kier molecular flexibility index (Phi) is 3.81. The molecule has 1 nitrogen and oxygen atoms in total. The molecule has 0 radical (unpaired) electrons. The Hall–Kier alpha value is -0.700. The van der Waals surface area contributed by atoms with Crippen molar-refractivity contribution in [2.45, 2.75) is 25.1 Å². The van der Waals surface area contributed by atoms with Crippen molar-refractivity contribution in [1.82, 2.24) is 0 Å². The molecule has 0 N–H and O–H groups in total. The Morgan fingerprint density at radius 2 is 2.21 bits per heavy atom. The molecule has 1 rings (SSSR count). The Morgan fingerprint density at radius 3 is 2.71 bits per heavy atom. The van der Waals surface area contributed by atoms with Gasteiger partial charge in [0.25, 0.3) is 0 Å². The molecule has 0 saturated heterocycles. The van der Waals surface area contributed by atoms with E-state index < -0.39 is 0 Å². The van der Waals surface area contributed by atoms with Gasteiger partial charge in [-0.05, 0) is 37.1 Å². The molecule has 0 heterocycles. The lowest BCUT2D eigenvalue weighted by Gasteiger charge is -2.08. The highest BCUT2D eigenvalue weighted by atomic mass is 79.9. The summed E-state index contributed by atoms with van der Waals surface area (Å²) in [5.74, 6) is -0.289. The summed E-state index contributed by atoms with van der Waals surface area (Å²) in [5.41, 5.74) is 1.37. The summed E-state index contributed by atoms with van der Waals surface area (Å²) in [6.45, 7) is 3.68. The SMILES string of the molecule is CCc1cc(F)ccc1C(=O)C(C)Br. The van der Waals surface area contributed by atoms with Crippen molar-refractivity contribution in [2.75, 3.05) is 0 Å². The van der Waals surface area contributed by atoms with Gasteiger partial charge in [-0.25, -0.2) is 4.39 Å². The first-order chi connectivity index (χ1) is 6.56. The van der Waals surface area contributed by atoms with Crippen molar-refractivity contribution < 1.29 is 9.18 Å². The van der Waals surface area contributed by atoms with Crippen LogP contribution in [-0.4, -0.2) is 10.6 Å². The van der Waals surface area contributed by atoms with Gasteiger partial charge in [0.2, 0.25) is 0 Å². The average molecular weight is 259 g/mol. The standard InChI is InChI=1S/C11H12BrFO/c1-3-8-6-9(13)4-5-10(8)11(14)7(2)12/h4-7H,3H2,1-2H3. The highest BCUT2D eigenvalue weighted by molar-refractivity contribution is 9.10. The second-order valence-corrected chi connectivity index (χ2v) is 4.51. The van der Waals surface area contributed by atoms with E-state index in [1.165, 1.54) is 12.1 Å². The van der Waals surface area contributed by atoms with E-state index in [2.05, 4.69) is 15.9 Å². The molecule has 3 heteroatoms. The van der Waals surface area contributed by atoms with E-state index in [1.54, 1.807) is 13.0 Å². The molecule has 0 aliphatic rings. The number of benzene rings is 1. The molecule has 0 aliphatic carbocycles. The first-order valence-corrected chi connectivity index (χ1v) is 5.44. The lowest BCUT2D eigenvalue weighted by Crippen LogP contribution is -2.12. The minimum atomic E-state index is -0.291. The third kappa shape index (κ3) is 2.41. The molecule has 0 saturated carbocycles. The van der Waals surface area contributed by atoms with Gasteiger partial charge in [0, 0.05) is 5.56 Å². The summed E-state index contributed by atoms with van der Waals surface area (Å²) >= 11 is 3.22. The van der Waals surface area contributed by atoms with Crippen molar-refractivity contribution in [1.29, 1.82) is 0 Å². The summed E-state index contributed by atoms with van der Waals surface area (Å²) in [6, 6.07) is 4.29. The van der Waals surface area contributed by atoms with Crippen LogP contribution in [0.1, 0.15) is 29.8 Å². The molecule has 1 atom stereocenters. The normalized spacial score (nSPS) is 12.6. The number of alkyl halides is 1. The van der Waals surface area contributed by atoms with Crippen molar-refractivity contribution in [3.05, 3.63) is 35.1 Å². The summed E-state index contributed by atoms with van der Waals surface area (Å²) in [5, 5.41) is 0. The van der Waals surface area contributed by atoms with Crippen LogP contribution in [0.5, 0.6) is 0 Å². The van der Waals surface area contributed by atoms with Gasteiger partial charge in [-0.3, -0.25) is 4.79 Å². The van der Waals surface area contributed by atoms with Crippen LogP contribution >= 0.6 is 15.9 Å². The van der Waals surface area contributed by atoms with Crippen molar-refractivity contribution in [2.24, 2.45) is 0 Å². The Bertz CT molecular complexity index is 347. The highest BCUT2D eigenvalue weighted by Gasteiger charge is 2.15. The topological polar surface area (TPSA) is 17.1 Å². The van der Waals surface area contributed by atoms with E-state index in [9.17, 15) is 9.18 Å². The third-order valence-corrected chi connectivity index (χ3v) is 2.49. The fraction of sp³-hybridized carbons (Fsp3) is 0.364. The van der Waals surface area contributed by atoms with E-state index in [1.807, 2.05) is 6.92 Å². The number of hydrogen-bond donors (Lipinski definition) is 0. The monoisotopic (exact) mass is 258 g/mol. The second-order valence-electron chi connectivity index (χ2n) is 3.14. The number of halogens is 2. The number of rotatable bonds is 3. The minimum Gasteiger partial charge on any atom is -0.293 e. The largest absolute Gasteiger partial charge is 0.293 e. The summed E-state index contributed by atoms with van der Waals surface area (Å²) < 4.78 is 12.9. The van der Waals surface area contributed by atoms with Gasteiger partial charge in [0.15, 0.2) is 5.78 Å². The van der Waals surface area contributed by atoms with Crippen LogP contribution in [0.15, 0.2) is 18.2 Å². The smallest absolute Gasteiger partial charge is 0.176 e. The Morgan fingerprint density at radius 1 is 1.57 bits per heavy atom. The van der Waals surface area contributed by atoms with Gasteiger partial charge in [-0.2, -0.15) is 0 Å². The second kappa shape index (κ2) is 4.69. The van der Waals surface area contributed by atoms with Crippen LogP contribution in [-0.2, 0) is 6.42 Å². The van der Waals surface area contributed by atoms with Crippen LogP contribution in [0.3, 0.4) is 0 Å². The van der Waals surface area contributed by atoms with E-state index in [4.69, 9.17) is 0 Å². The molecule has 76 valence electrons. The molecule has 1 unspecified atom stereocenters. The highest BCUT2D eigenvalue weighted by Crippen LogP contribution is 2.16. The Labute approximate surface area is 91.5 Å². The zero-order valence-corrected chi connectivity index (χ0v) is 9.77. The van der Waals surface area contributed by atoms with Crippen LogP contribution in [0.2, 0.25) is 0 Å². The van der Waals surface area contributed by atoms with Gasteiger partial charge < -0.3 is 0 Å². The number of ketones is 1. The van der Waals surface area contributed by atoms with Crippen LogP contribution in [0.4, 0.5) is 4.39 Å². The maximum Gasteiger partial charge on any atom is 0.176 e. The van der Waals surface area contributed by atoms with Crippen LogP contribution in [0.25, 0.3) is 0 Å². The summed E-state index contributed by atoms with van der Waals surface area (Å²) in [7, 11) is 0. The summed E-state index contributed by atoms with van der Waals surface area (Å²) in [4.78, 5) is 11.4. The lowest BCUT2D eigenvalue weighted by molar-refractivity contribution is 0.0995. The molecule has 0 amide bonds. The molecule has 14 heavy (non-hydrogen) atoms. The van der Waals surface area contributed by atoms with E-state index in [0.717, 1.165) is 5.56 Å². The zero-order chi connectivity index (χ0) is 10.7. The number of aryl methyl sites for hydroxylation is 1. The van der Waals surface area contributed by atoms with E-state index in [0.29, 0.717) is 12.0 Å². The van der Waals surface area contributed by atoms with Gasteiger partial charge in [-0.1, -0.05) is 22.9 Å². The molecule has 0 aromatic heterocycles. The van der Waals surface area contributed by atoms with Gasteiger partial charge >= 0.3 is 0 Å². The number of carbonyl (C=O) groups is 1. The predicted octanol–water partition coefficient (Wildman–Crippen LogP) is 3.35. The maximum absolute atomic E-state index is 12.9. The molecule has 1 aromatic rings. The average Bonchev–Trinajstić information content (AvgIpc) is 2.16. The number of Topliss-reactive ketones (excluding diaryl/α,β-unsaturated/α-hetero) is 1. The molecule has 1 aromatic carbocycles. The molecule has 0 fully saturated rings. The zero-order valence-electron chi connectivity index (χ0n) is 8.18. The van der Waals surface area contributed by atoms with Crippen LogP contribution < -0.4 is 0 Å². The molecular weight excluding hydrogens is 247 g/mol. The quantitative estimate of drug-likeness (QED) is 0.601. The molecular formula is C11H12BrFO. The fourth-order valence-corrected chi connectivity index (χ4v) is 1.56. The molecule has 0 aliphatic heterocycles. The molecule has 0 spiro atoms. The van der Waals surface area contributed by atoms with Crippen molar-refractivity contribution in [3.63, 3.8) is 0 Å².